The van der Waals surface area contributed by atoms with Crippen LogP contribution in [0.5, 0.6) is 0 Å². The van der Waals surface area contributed by atoms with E-state index in [1.165, 1.54) is 17.7 Å². The maximum atomic E-state index is 6.12. The summed E-state index contributed by atoms with van der Waals surface area (Å²) in [5.74, 6) is 1.31. The van der Waals surface area contributed by atoms with Gasteiger partial charge in [-0.15, -0.1) is 0 Å². The van der Waals surface area contributed by atoms with E-state index in [9.17, 15) is 0 Å². The van der Waals surface area contributed by atoms with Crippen LogP contribution in [0, 0.1) is 12.8 Å². The van der Waals surface area contributed by atoms with Crippen LogP contribution in [-0.2, 0) is 0 Å². The van der Waals surface area contributed by atoms with Gasteiger partial charge in [-0.05, 0) is 43.0 Å². The summed E-state index contributed by atoms with van der Waals surface area (Å²) in [6, 6.07) is 7.92. The lowest BCUT2D eigenvalue weighted by Gasteiger charge is -2.21. The molecule has 1 fully saturated rings. The molecule has 0 amide bonds. The third-order valence-electron chi connectivity index (χ3n) is 3.91. The number of rotatable bonds is 4. The number of hydrogen-bond donors (Lipinski definition) is 1. The highest BCUT2D eigenvalue weighted by molar-refractivity contribution is 6.30. The molecule has 1 aromatic carbocycles. The van der Waals surface area contributed by atoms with E-state index in [-0.39, 0.29) is 0 Å². The first-order valence-corrected chi connectivity index (χ1v) is 7.62. The lowest BCUT2D eigenvalue weighted by atomic mass is 10.1. The fourth-order valence-corrected chi connectivity index (χ4v) is 2.93. The Kier molecular flexibility index (Phi) is 4.25. The van der Waals surface area contributed by atoms with Crippen molar-refractivity contribution in [3.05, 3.63) is 47.2 Å². The van der Waals surface area contributed by atoms with Gasteiger partial charge in [-0.2, -0.15) is 0 Å². The third-order valence-corrected chi connectivity index (χ3v) is 4.15. The molecule has 0 radical (unpaired) electrons. The highest BCUT2D eigenvalue weighted by atomic mass is 35.5. The molecule has 0 saturated carbocycles. The van der Waals surface area contributed by atoms with Crippen LogP contribution >= 0.6 is 11.6 Å². The summed E-state index contributed by atoms with van der Waals surface area (Å²) >= 11 is 6.12. The molecule has 2 aromatic rings. The Labute approximate surface area is 130 Å². The molecule has 1 aliphatic heterocycles. The molecule has 21 heavy (non-hydrogen) atoms. The number of hydrogen-bond acceptors (Lipinski definition) is 4. The van der Waals surface area contributed by atoms with Gasteiger partial charge in [-0.3, -0.25) is 0 Å². The molecular formula is C16H19ClN4. The number of anilines is 2. The first-order chi connectivity index (χ1) is 10.2. The summed E-state index contributed by atoms with van der Waals surface area (Å²) in [4.78, 5) is 10.8. The Morgan fingerprint density at radius 1 is 1.33 bits per heavy atom. The van der Waals surface area contributed by atoms with Crippen molar-refractivity contribution in [2.45, 2.75) is 13.3 Å². The van der Waals surface area contributed by atoms with Gasteiger partial charge < -0.3 is 10.2 Å². The molecule has 2 heterocycles. The second-order valence-electron chi connectivity index (χ2n) is 5.48. The van der Waals surface area contributed by atoms with Crippen LogP contribution in [0.25, 0.3) is 0 Å². The van der Waals surface area contributed by atoms with Crippen molar-refractivity contribution in [2.24, 2.45) is 5.92 Å². The molecule has 1 N–H and O–H groups in total. The largest absolute Gasteiger partial charge is 0.371 e. The SMILES string of the molecule is Cc1ccc(Cl)cc1N1CCC(CNc2ncccn2)C1. The van der Waals surface area contributed by atoms with Crippen molar-refractivity contribution in [3.8, 4) is 0 Å². The topological polar surface area (TPSA) is 41.0 Å². The Morgan fingerprint density at radius 3 is 2.95 bits per heavy atom. The van der Waals surface area contributed by atoms with Gasteiger partial charge in [0.2, 0.25) is 5.95 Å². The van der Waals surface area contributed by atoms with E-state index in [0.717, 1.165) is 24.7 Å². The maximum Gasteiger partial charge on any atom is 0.222 e. The summed E-state index contributed by atoms with van der Waals surface area (Å²) in [6.07, 6.45) is 4.68. The predicted molar refractivity (Wildman–Crippen MR) is 87.0 cm³/mol. The van der Waals surface area contributed by atoms with Crippen LogP contribution < -0.4 is 10.2 Å². The molecule has 110 valence electrons. The second kappa shape index (κ2) is 6.31. The predicted octanol–water partition coefficient (Wildman–Crippen LogP) is 3.38. The lowest BCUT2D eigenvalue weighted by Crippen LogP contribution is -2.23. The second-order valence-corrected chi connectivity index (χ2v) is 5.92. The highest BCUT2D eigenvalue weighted by Crippen LogP contribution is 2.29. The molecule has 0 aliphatic carbocycles. The zero-order valence-corrected chi connectivity index (χ0v) is 12.8. The number of aryl methyl sites for hydroxylation is 1. The average Bonchev–Trinajstić information content (AvgIpc) is 2.97. The Balaban J connectivity index is 1.59. The minimum atomic E-state index is 0.604. The van der Waals surface area contributed by atoms with E-state index in [4.69, 9.17) is 11.6 Å². The van der Waals surface area contributed by atoms with Crippen LogP contribution in [-0.4, -0.2) is 29.6 Å². The highest BCUT2D eigenvalue weighted by Gasteiger charge is 2.23. The Morgan fingerprint density at radius 2 is 2.14 bits per heavy atom. The molecule has 1 aliphatic rings. The van der Waals surface area contributed by atoms with Gasteiger partial charge in [0.15, 0.2) is 0 Å². The molecule has 0 bridgehead atoms. The van der Waals surface area contributed by atoms with Gasteiger partial charge in [-0.1, -0.05) is 17.7 Å². The molecule has 1 atom stereocenters. The number of nitrogens with zero attached hydrogens (tertiary/aromatic N) is 3. The summed E-state index contributed by atoms with van der Waals surface area (Å²) < 4.78 is 0. The molecule has 1 saturated heterocycles. The summed E-state index contributed by atoms with van der Waals surface area (Å²) in [5, 5.41) is 4.11. The van der Waals surface area contributed by atoms with Gasteiger partial charge in [0, 0.05) is 42.7 Å². The van der Waals surface area contributed by atoms with E-state index < -0.39 is 0 Å². The van der Waals surface area contributed by atoms with Gasteiger partial charge in [0.1, 0.15) is 0 Å². The molecule has 5 heteroatoms. The van der Waals surface area contributed by atoms with E-state index in [2.05, 4.69) is 39.2 Å². The van der Waals surface area contributed by atoms with E-state index >= 15 is 0 Å². The van der Waals surface area contributed by atoms with Crippen LogP contribution in [0.15, 0.2) is 36.7 Å². The smallest absolute Gasteiger partial charge is 0.222 e. The van der Waals surface area contributed by atoms with E-state index in [1.54, 1.807) is 12.4 Å². The Hall–Kier alpha value is -1.81. The van der Waals surface area contributed by atoms with Crippen LogP contribution in [0.3, 0.4) is 0 Å². The van der Waals surface area contributed by atoms with E-state index in [1.807, 2.05) is 12.1 Å². The van der Waals surface area contributed by atoms with Crippen LogP contribution in [0.2, 0.25) is 5.02 Å². The zero-order chi connectivity index (χ0) is 14.7. The summed E-state index contributed by atoms with van der Waals surface area (Å²) in [6.45, 7) is 5.15. The van der Waals surface area contributed by atoms with E-state index in [0.29, 0.717) is 11.9 Å². The van der Waals surface area contributed by atoms with Crippen molar-refractivity contribution in [3.63, 3.8) is 0 Å². The minimum Gasteiger partial charge on any atom is -0.371 e. The molecule has 3 rings (SSSR count). The number of nitrogens with one attached hydrogen (secondary N) is 1. The summed E-state index contributed by atoms with van der Waals surface area (Å²) in [5.41, 5.74) is 2.53. The fourth-order valence-electron chi connectivity index (χ4n) is 2.77. The molecule has 1 unspecified atom stereocenters. The van der Waals surface area contributed by atoms with Gasteiger partial charge in [0.05, 0.1) is 0 Å². The molecular weight excluding hydrogens is 284 g/mol. The molecule has 4 nitrogen and oxygen atoms in total. The fraction of sp³-hybridized carbons (Fsp3) is 0.375. The maximum absolute atomic E-state index is 6.12. The van der Waals surface area contributed by atoms with Gasteiger partial charge >= 0.3 is 0 Å². The van der Waals surface area contributed by atoms with Crippen LogP contribution in [0.1, 0.15) is 12.0 Å². The lowest BCUT2D eigenvalue weighted by molar-refractivity contribution is 0.619. The monoisotopic (exact) mass is 302 g/mol. The number of aromatic nitrogens is 2. The number of halogens is 1. The van der Waals surface area contributed by atoms with Gasteiger partial charge in [-0.25, -0.2) is 9.97 Å². The van der Waals surface area contributed by atoms with Crippen molar-refractivity contribution in [1.29, 1.82) is 0 Å². The standard InChI is InChI=1S/C16H19ClN4/c1-12-3-4-14(17)9-15(12)21-8-5-13(11-21)10-20-16-18-6-2-7-19-16/h2-4,6-7,9,13H,5,8,10-11H2,1H3,(H,18,19,20). The van der Waals surface area contributed by atoms with Crippen molar-refractivity contribution >= 4 is 23.2 Å². The quantitative estimate of drug-likeness (QED) is 0.940. The Bertz CT molecular complexity index is 602. The minimum absolute atomic E-state index is 0.604. The summed E-state index contributed by atoms with van der Waals surface area (Å²) in [7, 11) is 0. The van der Waals surface area contributed by atoms with Crippen molar-refractivity contribution in [2.75, 3.05) is 29.9 Å². The molecule has 0 spiro atoms. The van der Waals surface area contributed by atoms with Crippen molar-refractivity contribution in [1.82, 2.24) is 9.97 Å². The third kappa shape index (κ3) is 3.45. The van der Waals surface area contributed by atoms with Crippen LogP contribution in [0.4, 0.5) is 11.6 Å². The normalized spacial score (nSPS) is 18.0. The average molecular weight is 303 g/mol. The van der Waals surface area contributed by atoms with Gasteiger partial charge in [0.25, 0.3) is 0 Å². The zero-order valence-electron chi connectivity index (χ0n) is 12.1. The number of benzene rings is 1. The van der Waals surface area contributed by atoms with Crippen molar-refractivity contribution < 1.29 is 0 Å². The first-order valence-electron chi connectivity index (χ1n) is 7.24. The molecule has 1 aromatic heterocycles. The first kappa shape index (κ1) is 14.1.